The molecule has 0 aliphatic carbocycles. The minimum Gasteiger partial charge on any atom is -0.490 e. The van der Waals surface area contributed by atoms with Crippen molar-refractivity contribution >= 4 is 23.6 Å². The first kappa shape index (κ1) is 24.2. The number of carbonyl (C=O) groups excluding carboxylic acids is 2. The van der Waals surface area contributed by atoms with E-state index in [2.05, 4.69) is 0 Å². The van der Waals surface area contributed by atoms with E-state index in [1.165, 1.54) is 25.6 Å². The second-order valence-electron chi connectivity index (χ2n) is 6.67. The average molecular weight is 472 g/mol. The largest absolute Gasteiger partial charge is 0.490 e. The van der Waals surface area contributed by atoms with Gasteiger partial charge in [-0.2, -0.15) is 0 Å². The molecule has 0 radical (unpaired) electrons. The molecule has 0 bridgehead atoms. The smallest absolute Gasteiger partial charge is 0.341 e. The van der Waals surface area contributed by atoms with Gasteiger partial charge in [0.15, 0.2) is 24.6 Å². The first-order valence-corrected chi connectivity index (χ1v) is 11.1. The molecule has 0 spiro atoms. The van der Waals surface area contributed by atoms with Crippen LogP contribution in [0.25, 0.3) is 21.8 Å². The molecule has 0 aliphatic heterocycles. The normalized spacial score (nSPS) is 10.5. The van der Waals surface area contributed by atoms with Gasteiger partial charge in [-0.3, -0.25) is 4.79 Å². The molecule has 1 heterocycles. The van der Waals surface area contributed by atoms with E-state index in [1.54, 1.807) is 12.1 Å². The number of aromatic nitrogens is 1. The SMILES string of the molecule is CCOc1ccc(-c2nc(-c3cc(C=O)c(OCOC)c(C(=O)OC)c3)cs2)cc1OCC. The molecular weight excluding hydrogens is 446 g/mol. The third kappa shape index (κ3) is 5.50. The van der Waals surface area contributed by atoms with Gasteiger partial charge in [0.2, 0.25) is 0 Å². The van der Waals surface area contributed by atoms with E-state index in [1.807, 2.05) is 37.4 Å². The molecular formula is C24H25NO7S. The van der Waals surface area contributed by atoms with Gasteiger partial charge in [-0.05, 0) is 44.2 Å². The molecule has 0 amide bonds. The predicted octanol–water partition coefficient (Wildman–Crippen LogP) is 4.86. The number of esters is 1. The minimum atomic E-state index is -0.630. The highest BCUT2D eigenvalue weighted by molar-refractivity contribution is 7.13. The highest BCUT2D eigenvalue weighted by atomic mass is 32.1. The van der Waals surface area contributed by atoms with Crippen LogP contribution in [0.3, 0.4) is 0 Å². The second-order valence-corrected chi connectivity index (χ2v) is 7.53. The number of hydrogen-bond acceptors (Lipinski definition) is 9. The number of benzene rings is 2. The van der Waals surface area contributed by atoms with Gasteiger partial charge in [0.1, 0.15) is 16.3 Å². The highest BCUT2D eigenvalue weighted by Gasteiger charge is 2.21. The van der Waals surface area contributed by atoms with Gasteiger partial charge in [0, 0.05) is 23.6 Å². The lowest BCUT2D eigenvalue weighted by Gasteiger charge is -2.13. The summed E-state index contributed by atoms with van der Waals surface area (Å²) in [6.07, 6.45) is 0.620. The number of ether oxygens (including phenoxy) is 5. The summed E-state index contributed by atoms with van der Waals surface area (Å²) in [6, 6.07) is 8.86. The summed E-state index contributed by atoms with van der Waals surface area (Å²) in [7, 11) is 2.71. The highest BCUT2D eigenvalue weighted by Crippen LogP contribution is 2.37. The lowest BCUT2D eigenvalue weighted by molar-refractivity contribution is 0.0461. The monoisotopic (exact) mass is 471 g/mol. The summed E-state index contributed by atoms with van der Waals surface area (Å²) in [4.78, 5) is 28.8. The fourth-order valence-electron chi connectivity index (χ4n) is 3.15. The number of carbonyl (C=O) groups is 2. The number of rotatable bonds is 11. The maximum atomic E-state index is 12.4. The van der Waals surface area contributed by atoms with Crippen molar-refractivity contribution in [1.82, 2.24) is 4.98 Å². The van der Waals surface area contributed by atoms with Gasteiger partial charge >= 0.3 is 5.97 Å². The van der Waals surface area contributed by atoms with E-state index in [4.69, 9.17) is 28.7 Å². The van der Waals surface area contributed by atoms with E-state index in [0.29, 0.717) is 42.3 Å². The van der Waals surface area contributed by atoms with Crippen LogP contribution >= 0.6 is 11.3 Å². The average Bonchev–Trinajstić information content (AvgIpc) is 3.33. The van der Waals surface area contributed by atoms with Gasteiger partial charge in [-0.15, -0.1) is 11.3 Å². The third-order valence-electron chi connectivity index (χ3n) is 4.56. The predicted molar refractivity (Wildman–Crippen MR) is 125 cm³/mol. The van der Waals surface area contributed by atoms with E-state index in [9.17, 15) is 9.59 Å². The molecule has 9 heteroatoms. The van der Waals surface area contributed by atoms with Crippen LogP contribution in [-0.2, 0) is 9.47 Å². The van der Waals surface area contributed by atoms with E-state index >= 15 is 0 Å². The molecule has 0 saturated carbocycles. The number of nitrogens with zero attached hydrogens (tertiary/aromatic N) is 1. The van der Waals surface area contributed by atoms with Crippen LogP contribution < -0.4 is 14.2 Å². The van der Waals surface area contributed by atoms with Crippen molar-refractivity contribution in [2.45, 2.75) is 13.8 Å². The molecule has 3 aromatic rings. The first-order chi connectivity index (χ1) is 16.1. The van der Waals surface area contributed by atoms with Gasteiger partial charge in [0.25, 0.3) is 0 Å². The molecule has 0 saturated heterocycles. The zero-order valence-electron chi connectivity index (χ0n) is 18.9. The Balaban J connectivity index is 2.02. The Morgan fingerprint density at radius 2 is 1.76 bits per heavy atom. The summed E-state index contributed by atoms with van der Waals surface area (Å²) in [6.45, 7) is 4.75. The first-order valence-electron chi connectivity index (χ1n) is 10.2. The van der Waals surface area contributed by atoms with Gasteiger partial charge < -0.3 is 23.7 Å². The lowest BCUT2D eigenvalue weighted by Crippen LogP contribution is -2.10. The third-order valence-corrected chi connectivity index (χ3v) is 5.45. The van der Waals surface area contributed by atoms with E-state index in [-0.39, 0.29) is 23.7 Å². The summed E-state index contributed by atoms with van der Waals surface area (Å²) in [5, 5.41) is 2.60. The maximum Gasteiger partial charge on any atom is 0.341 e. The molecule has 0 fully saturated rings. The summed E-state index contributed by atoms with van der Waals surface area (Å²) >= 11 is 1.43. The Kier molecular flexibility index (Phi) is 8.39. The van der Waals surface area contributed by atoms with Crippen molar-refractivity contribution in [3.05, 3.63) is 46.8 Å². The summed E-state index contributed by atoms with van der Waals surface area (Å²) < 4.78 is 26.6. The molecule has 0 unspecified atom stereocenters. The van der Waals surface area contributed by atoms with Crippen LogP contribution in [0, 0.1) is 0 Å². The number of thiazole rings is 1. The van der Waals surface area contributed by atoms with Crippen LogP contribution in [0.4, 0.5) is 0 Å². The Hall–Kier alpha value is -3.43. The minimum absolute atomic E-state index is 0.103. The van der Waals surface area contributed by atoms with Gasteiger partial charge in [0.05, 0.1) is 31.6 Å². The number of hydrogen-bond donors (Lipinski definition) is 0. The molecule has 1 aromatic heterocycles. The Labute approximate surface area is 196 Å². The van der Waals surface area contributed by atoms with Crippen molar-refractivity contribution in [3.63, 3.8) is 0 Å². The molecule has 8 nitrogen and oxygen atoms in total. The van der Waals surface area contributed by atoms with E-state index in [0.717, 1.165) is 10.6 Å². The van der Waals surface area contributed by atoms with Crippen molar-refractivity contribution < 1.29 is 33.3 Å². The number of aldehydes is 1. The number of methoxy groups -OCH3 is 2. The van der Waals surface area contributed by atoms with Crippen molar-refractivity contribution in [3.8, 4) is 39.1 Å². The van der Waals surface area contributed by atoms with Gasteiger partial charge in [-0.25, -0.2) is 9.78 Å². The van der Waals surface area contributed by atoms with Gasteiger partial charge in [-0.1, -0.05) is 0 Å². The summed E-state index contributed by atoms with van der Waals surface area (Å²) in [5.74, 6) is 0.787. The second kappa shape index (κ2) is 11.4. The topological polar surface area (TPSA) is 93.2 Å². The molecule has 174 valence electrons. The van der Waals surface area contributed by atoms with Crippen molar-refractivity contribution in [2.24, 2.45) is 0 Å². The van der Waals surface area contributed by atoms with Crippen LogP contribution in [0.1, 0.15) is 34.6 Å². The van der Waals surface area contributed by atoms with Crippen molar-refractivity contribution in [1.29, 1.82) is 0 Å². The van der Waals surface area contributed by atoms with E-state index < -0.39 is 5.97 Å². The van der Waals surface area contributed by atoms with Crippen LogP contribution in [0.2, 0.25) is 0 Å². The quantitative estimate of drug-likeness (QED) is 0.222. The molecule has 33 heavy (non-hydrogen) atoms. The Morgan fingerprint density at radius 3 is 2.42 bits per heavy atom. The van der Waals surface area contributed by atoms with Crippen LogP contribution in [0.5, 0.6) is 17.2 Å². The summed E-state index contributed by atoms with van der Waals surface area (Å²) in [5.41, 5.74) is 2.36. The molecule has 2 aromatic carbocycles. The Bertz CT molecular complexity index is 1130. The fraction of sp³-hybridized carbons (Fsp3) is 0.292. The van der Waals surface area contributed by atoms with Crippen molar-refractivity contribution in [2.75, 3.05) is 34.2 Å². The lowest BCUT2D eigenvalue weighted by atomic mass is 10.0. The zero-order valence-corrected chi connectivity index (χ0v) is 19.7. The molecule has 3 rings (SSSR count). The maximum absolute atomic E-state index is 12.4. The van der Waals surface area contributed by atoms with Crippen LogP contribution in [0.15, 0.2) is 35.7 Å². The Morgan fingerprint density at radius 1 is 1.00 bits per heavy atom. The zero-order chi connectivity index (χ0) is 23.8. The molecule has 0 aliphatic rings. The molecule has 0 N–H and O–H groups in total. The van der Waals surface area contributed by atoms with Crippen LogP contribution in [-0.4, -0.2) is 51.5 Å². The fourth-order valence-corrected chi connectivity index (χ4v) is 3.98. The standard InChI is InChI=1S/C24H25NO7S/c1-5-30-20-8-7-15(11-21(20)31-6-2)23-25-19(13-33-23)16-9-17(12-26)22(32-14-28-3)18(10-16)24(27)29-4/h7-13H,5-6,14H2,1-4H3. The molecule has 0 atom stereocenters.